The number of anilines is 1. The van der Waals surface area contributed by atoms with E-state index in [9.17, 15) is 22.4 Å². The molecule has 1 amide bonds. The monoisotopic (exact) mass is 315 g/mol. The van der Waals surface area contributed by atoms with Crippen LogP contribution in [0.15, 0.2) is 24.4 Å². The van der Waals surface area contributed by atoms with Gasteiger partial charge in [0.25, 0.3) is 5.91 Å². The van der Waals surface area contributed by atoms with Gasteiger partial charge in [0.1, 0.15) is 5.82 Å². The molecule has 0 bridgehead atoms. The Morgan fingerprint density at radius 1 is 1.36 bits per heavy atom. The van der Waals surface area contributed by atoms with Crippen molar-refractivity contribution in [3.8, 4) is 0 Å². The molecule has 22 heavy (non-hydrogen) atoms. The van der Waals surface area contributed by atoms with Crippen LogP contribution in [0.4, 0.5) is 23.2 Å². The highest BCUT2D eigenvalue weighted by molar-refractivity contribution is 6.05. The Morgan fingerprint density at radius 2 is 2.05 bits per heavy atom. The number of nitrogens with zero attached hydrogens (tertiary/aromatic N) is 2. The Hall–Kier alpha value is -2.38. The first-order valence-corrected chi connectivity index (χ1v) is 6.43. The number of carbonyl (C=O) groups is 1. The molecule has 0 spiro atoms. The molecule has 0 radical (unpaired) electrons. The Bertz CT molecular complexity index is 707. The topological polar surface area (TPSA) is 46.9 Å². The van der Waals surface area contributed by atoms with Gasteiger partial charge in [-0.15, -0.1) is 0 Å². The second-order valence-corrected chi connectivity index (χ2v) is 4.64. The lowest BCUT2D eigenvalue weighted by Gasteiger charge is -2.11. The highest BCUT2D eigenvalue weighted by Gasteiger charge is 2.39. The van der Waals surface area contributed by atoms with Gasteiger partial charge in [-0.3, -0.25) is 9.48 Å². The molecule has 1 heterocycles. The minimum absolute atomic E-state index is 0.222. The van der Waals surface area contributed by atoms with Crippen LogP contribution in [0, 0.1) is 5.82 Å². The third kappa shape index (κ3) is 3.10. The number of nitrogens with one attached hydrogen (secondary N) is 1. The molecular formula is C14H13F4N3O. The molecule has 0 aliphatic heterocycles. The van der Waals surface area contributed by atoms with E-state index in [1.54, 1.807) is 6.92 Å². The van der Waals surface area contributed by atoms with Crippen molar-refractivity contribution in [3.63, 3.8) is 0 Å². The number of aromatic nitrogens is 2. The summed E-state index contributed by atoms with van der Waals surface area (Å²) in [6.07, 6.45) is -3.45. The number of amides is 1. The molecular weight excluding hydrogens is 302 g/mol. The molecule has 1 aromatic carbocycles. The largest absolute Gasteiger partial charge is 0.433 e. The Labute approximate surface area is 123 Å². The zero-order chi connectivity index (χ0) is 16.5. The summed E-state index contributed by atoms with van der Waals surface area (Å²) in [5.41, 5.74) is -1.14. The van der Waals surface area contributed by atoms with Crippen molar-refractivity contribution in [1.29, 1.82) is 0 Å². The summed E-state index contributed by atoms with van der Waals surface area (Å²) in [7, 11) is 1.10. The third-order valence-electron chi connectivity index (χ3n) is 3.14. The second kappa shape index (κ2) is 5.78. The maximum atomic E-state index is 13.4. The number of aryl methyl sites for hydroxylation is 2. The van der Waals surface area contributed by atoms with E-state index in [2.05, 4.69) is 10.4 Å². The van der Waals surface area contributed by atoms with Crippen LogP contribution in [0.2, 0.25) is 0 Å². The molecule has 0 atom stereocenters. The van der Waals surface area contributed by atoms with Gasteiger partial charge in [-0.1, -0.05) is 6.92 Å². The van der Waals surface area contributed by atoms with E-state index in [-0.39, 0.29) is 5.69 Å². The third-order valence-corrected chi connectivity index (χ3v) is 3.14. The molecule has 8 heteroatoms. The van der Waals surface area contributed by atoms with Crippen LogP contribution in [0.1, 0.15) is 28.5 Å². The minimum atomic E-state index is -4.70. The van der Waals surface area contributed by atoms with Crippen LogP contribution in [0.3, 0.4) is 0 Å². The Morgan fingerprint density at radius 3 is 2.64 bits per heavy atom. The van der Waals surface area contributed by atoms with E-state index in [4.69, 9.17) is 0 Å². The summed E-state index contributed by atoms with van der Waals surface area (Å²) in [6, 6.07) is 3.83. The van der Waals surface area contributed by atoms with Gasteiger partial charge in [-0.25, -0.2) is 4.39 Å². The van der Waals surface area contributed by atoms with Gasteiger partial charge in [0.2, 0.25) is 0 Å². The lowest BCUT2D eigenvalue weighted by molar-refractivity contribution is -0.144. The molecule has 4 nitrogen and oxygen atoms in total. The van der Waals surface area contributed by atoms with Crippen molar-refractivity contribution < 1.29 is 22.4 Å². The van der Waals surface area contributed by atoms with Crippen LogP contribution >= 0.6 is 0 Å². The first kappa shape index (κ1) is 16.0. The molecule has 1 aromatic heterocycles. The fraction of sp³-hybridized carbons (Fsp3) is 0.286. The Balaban J connectivity index is 2.31. The van der Waals surface area contributed by atoms with Crippen LogP contribution in [-0.2, 0) is 19.6 Å². The van der Waals surface area contributed by atoms with Crippen molar-refractivity contribution in [3.05, 3.63) is 47.0 Å². The van der Waals surface area contributed by atoms with E-state index in [0.717, 1.165) is 19.3 Å². The first-order chi connectivity index (χ1) is 10.2. The number of halogens is 4. The average Bonchev–Trinajstić information content (AvgIpc) is 2.83. The summed E-state index contributed by atoms with van der Waals surface area (Å²) in [6.45, 7) is 1.73. The summed E-state index contributed by atoms with van der Waals surface area (Å²) in [4.78, 5) is 12.0. The van der Waals surface area contributed by atoms with Crippen LogP contribution in [0.25, 0.3) is 0 Å². The number of hydrogen-bond donors (Lipinski definition) is 1. The second-order valence-electron chi connectivity index (χ2n) is 4.64. The molecule has 118 valence electrons. The maximum Gasteiger partial charge on any atom is 0.433 e. The van der Waals surface area contributed by atoms with Gasteiger partial charge in [0.05, 0.1) is 11.8 Å². The molecule has 2 rings (SSSR count). The van der Waals surface area contributed by atoms with Gasteiger partial charge in [-0.2, -0.15) is 18.3 Å². The predicted octanol–water partition coefficient (Wildman–Crippen LogP) is 3.39. The summed E-state index contributed by atoms with van der Waals surface area (Å²) in [5, 5.41) is 5.80. The standard InChI is InChI=1S/C14H13F4N3O/c1-3-8-6-9(4-5-11(8)15)20-13(22)10-7-19-21(2)12(10)14(16,17)18/h4-7H,3H2,1-2H3,(H,20,22). The molecule has 0 saturated heterocycles. The fourth-order valence-electron chi connectivity index (χ4n) is 2.06. The smallest absolute Gasteiger partial charge is 0.322 e. The highest BCUT2D eigenvalue weighted by atomic mass is 19.4. The zero-order valence-corrected chi connectivity index (χ0v) is 11.8. The zero-order valence-electron chi connectivity index (χ0n) is 11.8. The number of carbonyl (C=O) groups excluding carboxylic acids is 1. The van der Waals surface area contributed by atoms with E-state index < -0.39 is 29.2 Å². The van der Waals surface area contributed by atoms with E-state index in [1.807, 2.05) is 0 Å². The maximum absolute atomic E-state index is 13.4. The van der Waals surface area contributed by atoms with Gasteiger partial charge >= 0.3 is 6.18 Å². The quantitative estimate of drug-likeness (QED) is 0.883. The van der Waals surface area contributed by atoms with Crippen molar-refractivity contribution >= 4 is 11.6 Å². The lowest BCUT2D eigenvalue weighted by atomic mass is 10.1. The van der Waals surface area contributed by atoms with Crippen molar-refractivity contribution in [2.75, 3.05) is 5.32 Å². The van der Waals surface area contributed by atoms with Gasteiger partial charge in [-0.05, 0) is 30.2 Å². The van der Waals surface area contributed by atoms with Gasteiger partial charge < -0.3 is 5.32 Å². The molecule has 0 aliphatic rings. The molecule has 0 saturated carbocycles. The minimum Gasteiger partial charge on any atom is -0.322 e. The van der Waals surface area contributed by atoms with Crippen molar-refractivity contribution in [2.45, 2.75) is 19.5 Å². The fourth-order valence-corrected chi connectivity index (χ4v) is 2.06. The van der Waals surface area contributed by atoms with Gasteiger partial charge in [0.15, 0.2) is 5.69 Å². The molecule has 1 N–H and O–H groups in total. The van der Waals surface area contributed by atoms with Crippen LogP contribution < -0.4 is 5.32 Å². The molecule has 0 unspecified atom stereocenters. The first-order valence-electron chi connectivity index (χ1n) is 6.43. The average molecular weight is 315 g/mol. The van der Waals surface area contributed by atoms with E-state index in [0.29, 0.717) is 16.7 Å². The number of benzene rings is 1. The number of alkyl halides is 3. The summed E-state index contributed by atoms with van der Waals surface area (Å²) in [5.74, 6) is -1.38. The summed E-state index contributed by atoms with van der Waals surface area (Å²) < 4.78 is 52.7. The van der Waals surface area contributed by atoms with E-state index in [1.165, 1.54) is 12.1 Å². The van der Waals surface area contributed by atoms with Crippen LogP contribution in [-0.4, -0.2) is 15.7 Å². The molecule has 2 aromatic rings. The number of hydrogen-bond acceptors (Lipinski definition) is 2. The Kier molecular flexibility index (Phi) is 4.20. The van der Waals surface area contributed by atoms with Crippen LogP contribution in [0.5, 0.6) is 0 Å². The van der Waals surface area contributed by atoms with E-state index >= 15 is 0 Å². The van der Waals surface area contributed by atoms with Crippen molar-refractivity contribution in [1.82, 2.24) is 9.78 Å². The molecule has 0 fully saturated rings. The number of rotatable bonds is 3. The van der Waals surface area contributed by atoms with Crippen molar-refractivity contribution in [2.24, 2.45) is 7.05 Å². The molecule has 0 aliphatic carbocycles. The lowest BCUT2D eigenvalue weighted by Crippen LogP contribution is -2.20. The normalized spacial score (nSPS) is 11.5. The predicted molar refractivity (Wildman–Crippen MR) is 71.9 cm³/mol. The summed E-state index contributed by atoms with van der Waals surface area (Å²) >= 11 is 0. The highest BCUT2D eigenvalue weighted by Crippen LogP contribution is 2.31. The SMILES string of the molecule is CCc1cc(NC(=O)c2cnn(C)c2C(F)(F)F)ccc1F. The van der Waals surface area contributed by atoms with Gasteiger partial charge in [0, 0.05) is 12.7 Å².